The lowest BCUT2D eigenvalue weighted by atomic mass is 10.1. The quantitative estimate of drug-likeness (QED) is 0.591. The molecule has 0 saturated heterocycles. The highest BCUT2D eigenvalue weighted by Crippen LogP contribution is 2.38. The number of pyridine rings is 1. The Morgan fingerprint density at radius 2 is 2.00 bits per heavy atom. The topological polar surface area (TPSA) is 43.4 Å². The highest BCUT2D eigenvalue weighted by Gasteiger charge is 2.35. The number of benzene rings is 1. The second-order valence-corrected chi connectivity index (χ2v) is 6.83. The van der Waals surface area contributed by atoms with Crippen LogP contribution in [0.15, 0.2) is 30.5 Å². The Balaban J connectivity index is 2.23. The van der Waals surface area contributed by atoms with E-state index in [0.717, 1.165) is 17.3 Å². The van der Waals surface area contributed by atoms with Crippen LogP contribution < -0.4 is 10.1 Å². The van der Waals surface area contributed by atoms with Crippen molar-refractivity contribution in [3.8, 4) is 11.6 Å². The van der Waals surface area contributed by atoms with Gasteiger partial charge in [0.15, 0.2) is 0 Å². The SMILES string of the molecule is COC[C@H](C)Nc1ccc(Oc2ncc(I)cc2C(F)(F)F)cc1C. The molecule has 0 bridgehead atoms. The maximum absolute atomic E-state index is 13.1. The van der Waals surface area contributed by atoms with Gasteiger partial charge in [0, 0.05) is 28.6 Å². The Hall–Kier alpha value is -1.55. The number of ether oxygens (including phenoxy) is 2. The Labute approximate surface area is 157 Å². The fraction of sp³-hybridized carbons (Fsp3) is 0.353. The Morgan fingerprint density at radius 3 is 2.60 bits per heavy atom. The predicted octanol–water partition coefficient (Wildman–Crippen LogP) is 5.25. The number of anilines is 1. The lowest BCUT2D eigenvalue weighted by Crippen LogP contribution is -2.21. The number of aryl methyl sites for hydroxylation is 1. The molecule has 1 N–H and O–H groups in total. The van der Waals surface area contributed by atoms with E-state index in [-0.39, 0.29) is 6.04 Å². The third-order valence-corrected chi connectivity index (χ3v) is 3.94. The zero-order chi connectivity index (χ0) is 18.6. The van der Waals surface area contributed by atoms with Crippen molar-refractivity contribution in [3.05, 3.63) is 45.2 Å². The first-order valence-electron chi connectivity index (χ1n) is 7.47. The van der Waals surface area contributed by atoms with E-state index in [1.54, 1.807) is 47.9 Å². The minimum Gasteiger partial charge on any atom is -0.438 e. The van der Waals surface area contributed by atoms with Crippen LogP contribution in [0.25, 0.3) is 0 Å². The molecule has 0 radical (unpaired) electrons. The maximum Gasteiger partial charge on any atom is 0.421 e. The van der Waals surface area contributed by atoms with Crippen LogP contribution in [0.1, 0.15) is 18.1 Å². The van der Waals surface area contributed by atoms with Gasteiger partial charge >= 0.3 is 6.18 Å². The summed E-state index contributed by atoms with van der Waals surface area (Å²) in [6, 6.07) is 6.15. The van der Waals surface area contributed by atoms with Gasteiger partial charge in [-0.15, -0.1) is 0 Å². The number of nitrogens with one attached hydrogen (secondary N) is 1. The number of halogens is 4. The van der Waals surface area contributed by atoms with E-state index in [9.17, 15) is 13.2 Å². The molecule has 0 aliphatic carbocycles. The molecule has 136 valence electrons. The molecule has 1 heterocycles. The molecule has 0 amide bonds. The van der Waals surface area contributed by atoms with Crippen molar-refractivity contribution < 1.29 is 22.6 Å². The smallest absolute Gasteiger partial charge is 0.421 e. The Bertz CT molecular complexity index is 738. The molecule has 0 aliphatic rings. The minimum atomic E-state index is -4.53. The molecule has 1 aromatic heterocycles. The summed E-state index contributed by atoms with van der Waals surface area (Å²) in [5.41, 5.74) is 0.816. The summed E-state index contributed by atoms with van der Waals surface area (Å²) in [7, 11) is 1.62. The van der Waals surface area contributed by atoms with Crippen LogP contribution in [0, 0.1) is 10.5 Å². The van der Waals surface area contributed by atoms with Gasteiger partial charge in [-0.05, 0) is 66.3 Å². The lowest BCUT2D eigenvalue weighted by molar-refractivity contribution is -0.138. The molecule has 0 saturated carbocycles. The van der Waals surface area contributed by atoms with Crippen LogP contribution in [0.4, 0.5) is 18.9 Å². The van der Waals surface area contributed by atoms with Crippen LogP contribution in [-0.2, 0) is 10.9 Å². The minimum absolute atomic E-state index is 0.102. The molecule has 0 spiro atoms. The van der Waals surface area contributed by atoms with E-state index >= 15 is 0 Å². The molecule has 0 unspecified atom stereocenters. The third kappa shape index (κ3) is 5.46. The summed E-state index contributed by atoms with van der Waals surface area (Å²) in [5.74, 6) is -0.164. The molecule has 1 aromatic carbocycles. The van der Waals surface area contributed by atoms with Gasteiger partial charge < -0.3 is 14.8 Å². The maximum atomic E-state index is 13.1. The van der Waals surface area contributed by atoms with E-state index in [1.807, 2.05) is 13.8 Å². The van der Waals surface area contributed by atoms with Crippen molar-refractivity contribution >= 4 is 28.3 Å². The molecule has 2 rings (SSSR count). The molecular weight excluding hydrogens is 448 g/mol. The van der Waals surface area contributed by atoms with Gasteiger partial charge in [0.05, 0.1) is 6.61 Å². The molecule has 4 nitrogen and oxygen atoms in total. The number of hydrogen-bond acceptors (Lipinski definition) is 4. The highest BCUT2D eigenvalue weighted by molar-refractivity contribution is 14.1. The number of hydrogen-bond donors (Lipinski definition) is 1. The van der Waals surface area contributed by atoms with Crippen molar-refractivity contribution in [1.29, 1.82) is 0 Å². The number of aromatic nitrogens is 1. The second kappa shape index (κ2) is 8.22. The number of nitrogens with zero attached hydrogens (tertiary/aromatic N) is 1. The molecule has 0 aliphatic heterocycles. The summed E-state index contributed by atoms with van der Waals surface area (Å²) in [5, 5.41) is 3.27. The van der Waals surface area contributed by atoms with Gasteiger partial charge in [0.1, 0.15) is 11.3 Å². The van der Waals surface area contributed by atoms with Gasteiger partial charge in [-0.25, -0.2) is 4.98 Å². The van der Waals surface area contributed by atoms with Crippen molar-refractivity contribution in [3.63, 3.8) is 0 Å². The van der Waals surface area contributed by atoms with Crippen LogP contribution in [0.5, 0.6) is 11.6 Å². The standard InChI is InChI=1S/C17H18F3IN2O2/c1-10-6-13(4-5-15(10)23-11(2)9-24-3)25-16-14(17(18,19)20)7-12(21)8-22-16/h4-8,11,23H,9H2,1-3H3/t11-/m0/s1. The fourth-order valence-corrected chi connectivity index (χ4v) is 2.69. The number of methoxy groups -OCH3 is 1. The van der Waals surface area contributed by atoms with Crippen LogP contribution >= 0.6 is 22.6 Å². The predicted molar refractivity (Wildman–Crippen MR) is 98.2 cm³/mol. The monoisotopic (exact) mass is 466 g/mol. The van der Waals surface area contributed by atoms with Gasteiger partial charge in [0.2, 0.25) is 5.88 Å². The Morgan fingerprint density at radius 1 is 1.28 bits per heavy atom. The number of alkyl halides is 3. The van der Waals surface area contributed by atoms with Gasteiger partial charge in [-0.1, -0.05) is 0 Å². The Kier molecular flexibility index (Phi) is 6.50. The normalized spacial score (nSPS) is 12.8. The summed E-state index contributed by atoms with van der Waals surface area (Å²) in [6.45, 7) is 4.36. The first kappa shape index (κ1) is 19.8. The van der Waals surface area contributed by atoms with Crippen molar-refractivity contribution in [2.24, 2.45) is 0 Å². The largest absolute Gasteiger partial charge is 0.438 e. The van der Waals surface area contributed by atoms with Crippen molar-refractivity contribution in [2.75, 3.05) is 19.0 Å². The molecule has 8 heteroatoms. The van der Waals surface area contributed by atoms with Gasteiger partial charge in [-0.2, -0.15) is 13.2 Å². The van der Waals surface area contributed by atoms with Crippen molar-refractivity contribution in [1.82, 2.24) is 4.98 Å². The van der Waals surface area contributed by atoms with E-state index < -0.39 is 17.6 Å². The molecule has 25 heavy (non-hydrogen) atoms. The van der Waals surface area contributed by atoms with Crippen molar-refractivity contribution in [2.45, 2.75) is 26.1 Å². The van der Waals surface area contributed by atoms with Gasteiger partial charge in [0.25, 0.3) is 0 Å². The molecule has 2 aromatic rings. The second-order valence-electron chi connectivity index (χ2n) is 5.58. The number of rotatable bonds is 6. The third-order valence-electron chi connectivity index (χ3n) is 3.35. The highest BCUT2D eigenvalue weighted by atomic mass is 127. The average Bonchev–Trinajstić information content (AvgIpc) is 2.51. The fourth-order valence-electron chi connectivity index (χ4n) is 2.24. The summed E-state index contributed by atoms with van der Waals surface area (Å²) >= 11 is 1.78. The summed E-state index contributed by atoms with van der Waals surface area (Å²) in [6.07, 6.45) is -3.20. The zero-order valence-electron chi connectivity index (χ0n) is 13.9. The first-order chi connectivity index (χ1) is 11.7. The van der Waals surface area contributed by atoms with Crippen LogP contribution in [0.3, 0.4) is 0 Å². The summed E-state index contributed by atoms with van der Waals surface area (Å²) < 4.78 is 50.3. The summed E-state index contributed by atoms with van der Waals surface area (Å²) in [4.78, 5) is 3.78. The van der Waals surface area contributed by atoms with Crippen LogP contribution in [0.2, 0.25) is 0 Å². The van der Waals surface area contributed by atoms with Gasteiger partial charge in [-0.3, -0.25) is 0 Å². The van der Waals surface area contributed by atoms with Crippen LogP contribution in [-0.4, -0.2) is 24.7 Å². The molecular formula is C17H18F3IN2O2. The molecule has 1 atom stereocenters. The zero-order valence-corrected chi connectivity index (χ0v) is 16.1. The van der Waals surface area contributed by atoms with E-state index in [4.69, 9.17) is 9.47 Å². The van der Waals surface area contributed by atoms with E-state index in [2.05, 4.69) is 10.3 Å². The lowest BCUT2D eigenvalue weighted by Gasteiger charge is -2.17. The average molecular weight is 466 g/mol. The first-order valence-corrected chi connectivity index (χ1v) is 8.55. The van der Waals surface area contributed by atoms with E-state index in [1.165, 1.54) is 6.20 Å². The van der Waals surface area contributed by atoms with E-state index in [0.29, 0.717) is 15.9 Å². The molecule has 0 fully saturated rings.